The first-order chi connectivity index (χ1) is 14.5. The van der Waals surface area contributed by atoms with E-state index in [9.17, 15) is 4.79 Å². The van der Waals surface area contributed by atoms with E-state index in [2.05, 4.69) is 39.9 Å². The first-order valence-corrected chi connectivity index (χ1v) is 11.1. The van der Waals surface area contributed by atoms with Gasteiger partial charge >= 0.3 is 0 Å². The van der Waals surface area contributed by atoms with Crippen LogP contribution in [-0.2, 0) is 0 Å². The number of aryl methyl sites for hydroxylation is 1. The molecule has 1 amide bonds. The summed E-state index contributed by atoms with van der Waals surface area (Å²) in [5, 5.41) is 0. The van der Waals surface area contributed by atoms with Crippen molar-refractivity contribution in [1.82, 2.24) is 9.80 Å². The fourth-order valence-electron chi connectivity index (χ4n) is 5.41. The molecule has 0 N–H and O–H groups in total. The maximum atomic E-state index is 13.6. The molecule has 0 aromatic heterocycles. The monoisotopic (exact) mass is 405 g/mol. The lowest BCUT2D eigenvalue weighted by atomic mass is 9.95. The predicted molar refractivity (Wildman–Crippen MR) is 120 cm³/mol. The van der Waals surface area contributed by atoms with E-state index in [0.29, 0.717) is 17.2 Å². The van der Waals surface area contributed by atoms with Crippen LogP contribution in [0.4, 0.5) is 5.69 Å². The van der Waals surface area contributed by atoms with Crippen LogP contribution in [0.3, 0.4) is 0 Å². The summed E-state index contributed by atoms with van der Waals surface area (Å²) in [7, 11) is 3.83. The van der Waals surface area contributed by atoms with Gasteiger partial charge in [-0.3, -0.25) is 4.79 Å². The zero-order valence-electron chi connectivity index (χ0n) is 18.2. The Bertz CT molecular complexity index is 965. The largest absolute Gasteiger partial charge is 0.496 e. The molecular formula is C25H31N3O2. The van der Waals surface area contributed by atoms with Gasteiger partial charge in [-0.15, -0.1) is 0 Å². The summed E-state index contributed by atoms with van der Waals surface area (Å²) in [4.78, 5) is 20.5. The van der Waals surface area contributed by atoms with Crippen LogP contribution in [0.15, 0.2) is 36.4 Å². The van der Waals surface area contributed by atoms with Gasteiger partial charge in [0.2, 0.25) is 0 Å². The summed E-state index contributed by atoms with van der Waals surface area (Å²) in [5.41, 5.74) is 5.87. The van der Waals surface area contributed by atoms with Crippen molar-refractivity contribution in [2.75, 3.05) is 51.8 Å². The van der Waals surface area contributed by atoms with E-state index < -0.39 is 0 Å². The molecule has 158 valence electrons. The van der Waals surface area contributed by atoms with Crippen LogP contribution in [0, 0.1) is 6.92 Å². The highest BCUT2D eigenvalue weighted by Crippen LogP contribution is 2.50. The molecule has 2 aromatic rings. The normalized spacial score (nSPS) is 23.4. The van der Waals surface area contributed by atoms with Gasteiger partial charge in [0.05, 0.1) is 18.7 Å². The third-order valence-electron chi connectivity index (χ3n) is 7.19. The van der Waals surface area contributed by atoms with Crippen LogP contribution in [0.2, 0.25) is 0 Å². The number of anilines is 1. The molecule has 2 aromatic carbocycles. The fraction of sp³-hybridized carbons (Fsp3) is 0.480. The van der Waals surface area contributed by atoms with Gasteiger partial charge in [0.15, 0.2) is 0 Å². The number of hydrogen-bond donors (Lipinski definition) is 0. The Morgan fingerprint density at radius 2 is 1.80 bits per heavy atom. The average Bonchev–Trinajstić information content (AvgIpc) is 3.05. The summed E-state index contributed by atoms with van der Waals surface area (Å²) in [6, 6.07) is 13.0. The van der Waals surface area contributed by atoms with Gasteiger partial charge in [0.1, 0.15) is 5.75 Å². The first-order valence-electron chi connectivity index (χ1n) is 11.1. The van der Waals surface area contributed by atoms with Gasteiger partial charge in [-0.2, -0.15) is 0 Å². The van der Waals surface area contributed by atoms with E-state index in [-0.39, 0.29) is 11.9 Å². The zero-order valence-corrected chi connectivity index (χ0v) is 18.2. The molecule has 2 atom stereocenters. The summed E-state index contributed by atoms with van der Waals surface area (Å²) < 4.78 is 5.51. The van der Waals surface area contributed by atoms with Crippen molar-refractivity contribution in [2.45, 2.75) is 31.7 Å². The Morgan fingerprint density at radius 3 is 2.57 bits per heavy atom. The average molecular weight is 406 g/mol. The van der Waals surface area contributed by atoms with Gasteiger partial charge in [0, 0.05) is 38.4 Å². The Morgan fingerprint density at radius 1 is 1.00 bits per heavy atom. The van der Waals surface area contributed by atoms with Crippen molar-refractivity contribution in [1.29, 1.82) is 0 Å². The maximum Gasteiger partial charge on any atom is 0.258 e. The van der Waals surface area contributed by atoms with E-state index in [4.69, 9.17) is 4.74 Å². The summed E-state index contributed by atoms with van der Waals surface area (Å²) in [6.45, 7) is 7.15. The third-order valence-corrected chi connectivity index (χ3v) is 7.19. The van der Waals surface area contributed by atoms with Crippen LogP contribution < -0.4 is 9.64 Å². The van der Waals surface area contributed by atoms with E-state index in [1.165, 1.54) is 16.8 Å². The highest BCUT2D eigenvalue weighted by Gasteiger charge is 2.41. The Kier molecular flexibility index (Phi) is 4.94. The second kappa shape index (κ2) is 7.62. The summed E-state index contributed by atoms with van der Waals surface area (Å²) >= 11 is 0. The number of hydrogen-bond acceptors (Lipinski definition) is 4. The third kappa shape index (κ3) is 3.25. The van der Waals surface area contributed by atoms with Crippen molar-refractivity contribution < 1.29 is 9.53 Å². The lowest BCUT2D eigenvalue weighted by Gasteiger charge is -2.35. The number of amides is 1. The molecule has 30 heavy (non-hydrogen) atoms. The molecule has 5 nitrogen and oxygen atoms in total. The minimum absolute atomic E-state index is 0.0943. The highest BCUT2D eigenvalue weighted by atomic mass is 16.5. The zero-order chi connectivity index (χ0) is 20.8. The molecule has 5 heteroatoms. The molecule has 2 saturated heterocycles. The van der Waals surface area contributed by atoms with Crippen LogP contribution in [-0.4, -0.2) is 62.6 Å². The van der Waals surface area contributed by atoms with Gasteiger partial charge in [0.25, 0.3) is 5.91 Å². The molecule has 1 aliphatic carbocycles. The highest BCUT2D eigenvalue weighted by molar-refractivity contribution is 5.97. The minimum Gasteiger partial charge on any atom is -0.496 e. The van der Waals surface area contributed by atoms with Crippen LogP contribution in [0.5, 0.6) is 5.75 Å². The van der Waals surface area contributed by atoms with Crippen LogP contribution in [0.1, 0.15) is 51.8 Å². The van der Waals surface area contributed by atoms with Crippen molar-refractivity contribution in [3.8, 4) is 5.75 Å². The number of likely N-dealkylation sites (tertiary alicyclic amines) is 1. The van der Waals surface area contributed by atoms with Crippen LogP contribution >= 0.6 is 0 Å². The predicted octanol–water partition coefficient (Wildman–Crippen LogP) is 3.83. The maximum absolute atomic E-state index is 13.6. The van der Waals surface area contributed by atoms with Gasteiger partial charge in [-0.05, 0) is 68.1 Å². The number of carbonyl (C=O) groups excluding carboxylic acids is 1. The fourth-order valence-corrected chi connectivity index (χ4v) is 5.41. The van der Waals surface area contributed by atoms with Crippen LogP contribution in [0.25, 0.3) is 0 Å². The number of rotatable bonds is 3. The molecule has 3 aliphatic rings. The molecule has 0 saturated carbocycles. The second-order valence-corrected chi connectivity index (χ2v) is 9.04. The summed E-state index contributed by atoms with van der Waals surface area (Å²) in [5.74, 6) is 1.34. The SMILES string of the molecule is COc1ccc(C)cc1C(=O)N1CCC2C[C@@H]1c1cc(N3CCN(C)CC3)ccc12. The molecule has 0 spiro atoms. The number of carbonyl (C=O) groups is 1. The van der Waals surface area contributed by atoms with E-state index in [1.807, 2.05) is 25.1 Å². The molecule has 0 radical (unpaired) electrons. The number of piperazine rings is 1. The molecule has 2 fully saturated rings. The van der Waals surface area contributed by atoms with Gasteiger partial charge < -0.3 is 19.4 Å². The molecule has 1 unspecified atom stereocenters. The quantitative estimate of drug-likeness (QED) is 0.778. The van der Waals surface area contributed by atoms with Crippen molar-refractivity contribution in [2.24, 2.45) is 0 Å². The Balaban J connectivity index is 1.46. The Labute approximate surface area is 179 Å². The molecule has 2 aliphatic heterocycles. The summed E-state index contributed by atoms with van der Waals surface area (Å²) in [6.07, 6.45) is 2.08. The van der Waals surface area contributed by atoms with Gasteiger partial charge in [-0.1, -0.05) is 17.7 Å². The lowest BCUT2D eigenvalue weighted by molar-refractivity contribution is 0.0617. The van der Waals surface area contributed by atoms with Gasteiger partial charge in [-0.25, -0.2) is 0 Å². The number of nitrogens with zero attached hydrogens (tertiary/aromatic N) is 3. The van der Waals surface area contributed by atoms with E-state index >= 15 is 0 Å². The number of fused-ring (bicyclic) bond motifs is 5. The Hall–Kier alpha value is -2.53. The second-order valence-electron chi connectivity index (χ2n) is 9.04. The first kappa shape index (κ1) is 19.4. The molecule has 2 bridgehead atoms. The van der Waals surface area contributed by atoms with Crippen molar-refractivity contribution in [3.63, 3.8) is 0 Å². The number of ether oxygens (including phenoxy) is 1. The van der Waals surface area contributed by atoms with Crippen molar-refractivity contribution >= 4 is 11.6 Å². The number of piperidine rings is 1. The number of benzene rings is 2. The van der Waals surface area contributed by atoms with Crippen molar-refractivity contribution in [3.05, 3.63) is 58.7 Å². The molecule has 2 heterocycles. The lowest BCUT2D eigenvalue weighted by Crippen LogP contribution is -2.44. The number of likely N-dealkylation sites (N-methyl/N-ethyl adjacent to an activating group) is 1. The number of methoxy groups -OCH3 is 1. The molecular weight excluding hydrogens is 374 g/mol. The topological polar surface area (TPSA) is 36.0 Å². The smallest absolute Gasteiger partial charge is 0.258 e. The molecule has 5 rings (SSSR count). The van der Waals surface area contributed by atoms with E-state index in [0.717, 1.165) is 51.1 Å². The minimum atomic E-state index is 0.0943. The standard InChI is InChI=1S/C25H31N3O2/c1-17-4-7-24(30-3)22(14-17)25(29)28-9-8-18-15-23(28)21-16-19(5-6-20(18)21)27-12-10-26(2)11-13-27/h4-7,14,16,18,23H,8-13,15H2,1-3H3/t18?,23-/m1/s1. The van der Waals surface area contributed by atoms with E-state index in [1.54, 1.807) is 7.11 Å².